The van der Waals surface area contributed by atoms with Gasteiger partial charge in [0.25, 0.3) is 0 Å². The van der Waals surface area contributed by atoms with Gasteiger partial charge in [0.05, 0.1) is 24.7 Å². The van der Waals surface area contributed by atoms with Crippen molar-refractivity contribution < 1.29 is 9.53 Å². The van der Waals surface area contributed by atoms with Gasteiger partial charge in [0, 0.05) is 12.2 Å². The number of carbonyl (C=O) groups is 1. The Morgan fingerprint density at radius 2 is 2.44 bits per heavy atom. The van der Waals surface area contributed by atoms with Gasteiger partial charge in [0.2, 0.25) is 0 Å². The fourth-order valence-electron chi connectivity index (χ4n) is 1.92. The maximum Gasteiger partial charge on any atom is 0.173 e. The molecule has 1 aliphatic rings. The van der Waals surface area contributed by atoms with Gasteiger partial charge in [0.15, 0.2) is 5.78 Å². The average Bonchev–Trinajstić information content (AvgIpc) is 2.77. The Morgan fingerprint density at radius 3 is 3.12 bits per heavy atom. The van der Waals surface area contributed by atoms with E-state index in [0.717, 1.165) is 0 Å². The van der Waals surface area contributed by atoms with Crippen molar-refractivity contribution in [1.82, 2.24) is 10.3 Å². The van der Waals surface area contributed by atoms with E-state index >= 15 is 0 Å². The van der Waals surface area contributed by atoms with Crippen molar-refractivity contribution in [3.8, 4) is 0 Å². The first kappa shape index (κ1) is 11.0. The number of nitrogen functional groups attached to an aromatic ring is 1. The lowest BCUT2D eigenvalue weighted by Gasteiger charge is -2.15. The molecule has 5 nitrogen and oxygen atoms in total. The molecule has 1 saturated heterocycles. The highest BCUT2D eigenvalue weighted by Gasteiger charge is 2.34. The zero-order valence-electron chi connectivity index (χ0n) is 9.14. The largest absolute Gasteiger partial charge is 0.383 e. The predicted octanol–water partition coefficient (Wildman–Crippen LogP) is 0.0809. The standard InChI is InChI=1S/C11H15N3O2/c1-13-9-6-16-5-8(9)10(15)7-3-2-4-14-11(7)12/h2-4,8-9,13H,5-6H2,1H3,(H2,12,14). The zero-order chi connectivity index (χ0) is 11.5. The maximum absolute atomic E-state index is 12.2. The van der Waals surface area contributed by atoms with Crippen LogP contribution in [-0.4, -0.2) is 37.1 Å². The molecule has 0 radical (unpaired) electrons. The fraction of sp³-hybridized carbons (Fsp3) is 0.455. The number of pyridine rings is 1. The SMILES string of the molecule is CNC1COCC1C(=O)c1cccnc1N. The zero-order valence-corrected chi connectivity index (χ0v) is 9.14. The number of ether oxygens (including phenoxy) is 1. The Kier molecular flexibility index (Phi) is 3.17. The van der Waals surface area contributed by atoms with Crippen molar-refractivity contribution in [1.29, 1.82) is 0 Å². The maximum atomic E-state index is 12.2. The topological polar surface area (TPSA) is 77.2 Å². The number of ketones is 1. The molecule has 1 aromatic heterocycles. The average molecular weight is 221 g/mol. The van der Waals surface area contributed by atoms with Gasteiger partial charge >= 0.3 is 0 Å². The molecule has 0 aliphatic carbocycles. The van der Waals surface area contributed by atoms with E-state index in [9.17, 15) is 4.79 Å². The second-order valence-electron chi connectivity index (χ2n) is 3.84. The number of aromatic nitrogens is 1. The molecule has 2 atom stereocenters. The number of Topliss-reactive ketones (excluding diaryl/α,β-unsaturated/α-hetero) is 1. The Morgan fingerprint density at radius 1 is 1.62 bits per heavy atom. The van der Waals surface area contributed by atoms with Gasteiger partial charge in [-0.05, 0) is 19.2 Å². The molecule has 2 rings (SSSR count). The second kappa shape index (κ2) is 4.59. The van der Waals surface area contributed by atoms with Crippen LogP contribution < -0.4 is 11.1 Å². The number of nitrogens with zero attached hydrogens (tertiary/aromatic N) is 1. The summed E-state index contributed by atoms with van der Waals surface area (Å²) < 4.78 is 5.30. The van der Waals surface area contributed by atoms with Gasteiger partial charge in [0.1, 0.15) is 5.82 Å². The number of nitrogens with one attached hydrogen (secondary N) is 1. The Balaban J connectivity index is 2.22. The van der Waals surface area contributed by atoms with Gasteiger partial charge in [-0.15, -0.1) is 0 Å². The summed E-state index contributed by atoms with van der Waals surface area (Å²) in [5, 5.41) is 3.08. The molecule has 0 aromatic carbocycles. The monoisotopic (exact) mass is 221 g/mol. The molecule has 1 aromatic rings. The molecule has 2 heterocycles. The molecule has 86 valence electrons. The number of likely N-dealkylation sites (N-methyl/N-ethyl adjacent to an activating group) is 1. The minimum absolute atomic E-state index is 0.00227. The Labute approximate surface area is 94.0 Å². The van der Waals surface area contributed by atoms with Crippen LogP contribution >= 0.6 is 0 Å². The van der Waals surface area contributed by atoms with Crippen LogP contribution in [0, 0.1) is 5.92 Å². The summed E-state index contributed by atoms with van der Waals surface area (Å²) >= 11 is 0. The van der Waals surface area contributed by atoms with Gasteiger partial charge < -0.3 is 15.8 Å². The number of carbonyl (C=O) groups excluding carboxylic acids is 1. The second-order valence-corrected chi connectivity index (χ2v) is 3.84. The van der Waals surface area contributed by atoms with Gasteiger partial charge in [-0.25, -0.2) is 4.98 Å². The summed E-state index contributed by atoms with van der Waals surface area (Å²) in [5.41, 5.74) is 6.17. The third-order valence-corrected chi connectivity index (χ3v) is 2.89. The Hall–Kier alpha value is -1.46. The van der Waals surface area contributed by atoms with Crippen LogP contribution in [0.4, 0.5) is 5.82 Å². The molecule has 0 saturated carbocycles. The quantitative estimate of drug-likeness (QED) is 0.707. The van der Waals surface area contributed by atoms with Crippen LogP contribution in [0.2, 0.25) is 0 Å². The molecular weight excluding hydrogens is 206 g/mol. The number of rotatable bonds is 3. The minimum atomic E-state index is -0.170. The summed E-state index contributed by atoms with van der Waals surface area (Å²) in [6, 6.07) is 3.48. The van der Waals surface area contributed by atoms with E-state index < -0.39 is 0 Å². The van der Waals surface area contributed by atoms with Crippen LogP contribution in [0.3, 0.4) is 0 Å². The summed E-state index contributed by atoms with van der Waals surface area (Å²) in [6.45, 7) is 1.01. The van der Waals surface area contributed by atoms with Gasteiger partial charge in [-0.3, -0.25) is 4.79 Å². The third kappa shape index (κ3) is 1.91. The van der Waals surface area contributed by atoms with E-state index in [-0.39, 0.29) is 23.6 Å². The van der Waals surface area contributed by atoms with Crippen molar-refractivity contribution in [2.75, 3.05) is 26.0 Å². The predicted molar refractivity (Wildman–Crippen MR) is 60.1 cm³/mol. The van der Waals surface area contributed by atoms with Crippen molar-refractivity contribution in [2.45, 2.75) is 6.04 Å². The third-order valence-electron chi connectivity index (χ3n) is 2.89. The van der Waals surface area contributed by atoms with E-state index in [1.54, 1.807) is 18.3 Å². The lowest BCUT2D eigenvalue weighted by Crippen LogP contribution is -2.37. The lowest BCUT2D eigenvalue weighted by atomic mass is 9.94. The number of anilines is 1. The molecule has 3 N–H and O–H groups in total. The van der Waals surface area contributed by atoms with Crippen LogP contribution in [-0.2, 0) is 4.74 Å². The first-order chi connectivity index (χ1) is 7.74. The van der Waals surface area contributed by atoms with Crippen molar-refractivity contribution >= 4 is 11.6 Å². The van der Waals surface area contributed by atoms with Crippen molar-refractivity contribution in [2.24, 2.45) is 5.92 Å². The fourth-order valence-corrected chi connectivity index (χ4v) is 1.92. The van der Waals surface area contributed by atoms with Crippen LogP contribution in [0.5, 0.6) is 0 Å². The van der Waals surface area contributed by atoms with Crippen molar-refractivity contribution in [3.05, 3.63) is 23.9 Å². The highest BCUT2D eigenvalue weighted by molar-refractivity contribution is 6.02. The van der Waals surface area contributed by atoms with Crippen LogP contribution in [0.15, 0.2) is 18.3 Å². The number of hydrogen-bond acceptors (Lipinski definition) is 5. The number of hydrogen-bond donors (Lipinski definition) is 2. The summed E-state index contributed by atoms with van der Waals surface area (Å²) in [5.74, 6) is 0.119. The van der Waals surface area contributed by atoms with E-state index in [1.165, 1.54) is 0 Å². The molecule has 1 fully saturated rings. The van der Waals surface area contributed by atoms with E-state index in [0.29, 0.717) is 18.8 Å². The van der Waals surface area contributed by atoms with Crippen LogP contribution in [0.25, 0.3) is 0 Å². The molecule has 0 amide bonds. The van der Waals surface area contributed by atoms with E-state index in [2.05, 4.69) is 10.3 Å². The molecule has 2 unspecified atom stereocenters. The van der Waals surface area contributed by atoms with Gasteiger partial charge in [-0.2, -0.15) is 0 Å². The van der Waals surface area contributed by atoms with Crippen LogP contribution in [0.1, 0.15) is 10.4 Å². The minimum Gasteiger partial charge on any atom is -0.383 e. The molecule has 0 bridgehead atoms. The highest BCUT2D eigenvalue weighted by Crippen LogP contribution is 2.21. The van der Waals surface area contributed by atoms with E-state index in [1.807, 2.05) is 7.05 Å². The highest BCUT2D eigenvalue weighted by atomic mass is 16.5. The first-order valence-corrected chi connectivity index (χ1v) is 5.23. The lowest BCUT2D eigenvalue weighted by molar-refractivity contribution is 0.0893. The molecular formula is C11H15N3O2. The summed E-state index contributed by atoms with van der Waals surface area (Å²) in [4.78, 5) is 16.1. The summed E-state index contributed by atoms with van der Waals surface area (Å²) in [7, 11) is 1.83. The first-order valence-electron chi connectivity index (χ1n) is 5.23. The summed E-state index contributed by atoms with van der Waals surface area (Å²) in [6.07, 6.45) is 1.58. The smallest absolute Gasteiger partial charge is 0.173 e. The molecule has 1 aliphatic heterocycles. The Bertz CT molecular complexity index is 395. The molecule has 0 spiro atoms. The van der Waals surface area contributed by atoms with Crippen molar-refractivity contribution in [3.63, 3.8) is 0 Å². The van der Waals surface area contributed by atoms with Gasteiger partial charge in [-0.1, -0.05) is 0 Å². The molecule has 5 heteroatoms. The normalized spacial score (nSPS) is 24.6. The molecule has 16 heavy (non-hydrogen) atoms. The van der Waals surface area contributed by atoms with E-state index in [4.69, 9.17) is 10.5 Å². The number of nitrogens with two attached hydrogens (primary N) is 1.